The van der Waals surface area contributed by atoms with Crippen LogP contribution in [0, 0.1) is 0 Å². The molecule has 0 bridgehead atoms. The fourth-order valence-corrected chi connectivity index (χ4v) is 3.24. The van der Waals surface area contributed by atoms with Crippen molar-refractivity contribution in [1.29, 1.82) is 0 Å². The first-order valence-corrected chi connectivity index (χ1v) is 7.44. The van der Waals surface area contributed by atoms with E-state index in [0.29, 0.717) is 0 Å². The molecule has 0 radical (unpaired) electrons. The summed E-state index contributed by atoms with van der Waals surface area (Å²) in [6.07, 6.45) is -0.374. The summed E-state index contributed by atoms with van der Waals surface area (Å²) in [6.45, 7) is 2.93. The molecule has 0 spiro atoms. The molecule has 1 atom stereocenters. The summed E-state index contributed by atoms with van der Waals surface area (Å²) >= 11 is 5.42. The third kappa shape index (κ3) is 3.48. The van der Waals surface area contributed by atoms with Gasteiger partial charge < -0.3 is 5.11 Å². The third-order valence-electron chi connectivity index (χ3n) is 2.77. The normalized spacial score (nSPS) is 19.6. The van der Waals surface area contributed by atoms with E-state index in [1.807, 2.05) is 36.0 Å². The number of aliphatic hydroxyl groups excluding tert-OH is 1. The van der Waals surface area contributed by atoms with E-state index in [4.69, 9.17) is 0 Å². The van der Waals surface area contributed by atoms with Gasteiger partial charge in [0.05, 0.1) is 6.10 Å². The molecule has 1 aromatic rings. The minimum atomic E-state index is -0.374. The van der Waals surface area contributed by atoms with E-state index in [1.54, 1.807) is 0 Å². The summed E-state index contributed by atoms with van der Waals surface area (Å²) in [6, 6.07) is 7.92. The van der Waals surface area contributed by atoms with Gasteiger partial charge in [-0.05, 0) is 17.7 Å². The zero-order valence-corrected chi connectivity index (χ0v) is 11.5. The number of halogens is 1. The fourth-order valence-electron chi connectivity index (χ4n) is 1.85. The number of benzene rings is 1. The van der Waals surface area contributed by atoms with Gasteiger partial charge in [-0.2, -0.15) is 11.8 Å². The fraction of sp³-hybridized carbons (Fsp3) is 0.500. The Morgan fingerprint density at radius 1 is 1.38 bits per heavy atom. The molecule has 0 aliphatic carbocycles. The van der Waals surface area contributed by atoms with E-state index in [2.05, 4.69) is 20.8 Å². The van der Waals surface area contributed by atoms with Crippen molar-refractivity contribution in [2.75, 3.05) is 31.1 Å². The number of hydrogen-bond donors (Lipinski definition) is 1. The van der Waals surface area contributed by atoms with E-state index in [9.17, 15) is 5.11 Å². The molecule has 16 heavy (non-hydrogen) atoms. The van der Waals surface area contributed by atoms with Gasteiger partial charge in [0.15, 0.2) is 0 Å². The van der Waals surface area contributed by atoms with Crippen LogP contribution in [0.25, 0.3) is 0 Å². The highest BCUT2D eigenvalue weighted by Crippen LogP contribution is 2.20. The molecule has 1 N–H and O–H groups in total. The van der Waals surface area contributed by atoms with Crippen molar-refractivity contribution >= 4 is 27.7 Å². The SMILES string of the molecule is OC(CN1CCSCC1)c1cccc(Br)c1. The number of thioether (sulfide) groups is 1. The second-order valence-electron chi connectivity index (χ2n) is 3.98. The Hall–Kier alpha value is -0.0300. The lowest BCUT2D eigenvalue weighted by molar-refractivity contribution is 0.119. The highest BCUT2D eigenvalue weighted by atomic mass is 79.9. The number of β-amino-alcohol motifs (C(OH)–C–C–N with tert-alkyl or cyclic N) is 1. The first-order chi connectivity index (χ1) is 7.75. The van der Waals surface area contributed by atoms with Gasteiger partial charge >= 0.3 is 0 Å². The van der Waals surface area contributed by atoms with Crippen molar-refractivity contribution in [3.05, 3.63) is 34.3 Å². The molecule has 0 saturated carbocycles. The topological polar surface area (TPSA) is 23.5 Å². The Labute approximate surface area is 109 Å². The van der Waals surface area contributed by atoms with Crippen LogP contribution in [0.4, 0.5) is 0 Å². The molecule has 1 aliphatic heterocycles. The quantitative estimate of drug-likeness (QED) is 0.928. The lowest BCUT2D eigenvalue weighted by Crippen LogP contribution is -2.35. The van der Waals surface area contributed by atoms with Crippen molar-refractivity contribution in [2.24, 2.45) is 0 Å². The monoisotopic (exact) mass is 301 g/mol. The third-order valence-corrected chi connectivity index (χ3v) is 4.20. The molecule has 0 aromatic heterocycles. The van der Waals surface area contributed by atoms with Gasteiger partial charge in [-0.15, -0.1) is 0 Å². The minimum Gasteiger partial charge on any atom is -0.387 e. The second kappa shape index (κ2) is 6.05. The van der Waals surface area contributed by atoms with E-state index < -0.39 is 0 Å². The Balaban J connectivity index is 1.94. The molecule has 1 aliphatic rings. The summed E-state index contributed by atoms with van der Waals surface area (Å²) < 4.78 is 1.03. The number of hydrogen-bond acceptors (Lipinski definition) is 3. The highest BCUT2D eigenvalue weighted by Gasteiger charge is 2.15. The molecule has 1 aromatic carbocycles. The minimum absolute atomic E-state index is 0.374. The molecule has 0 amide bonds. The molecule has 88 valence electrons. The summed E-state index contributed by atoms with van der Waals surface area (Å²) in [5, 5.41) is 10.1. The molecule has 1 unspecified atom stereocenters. The Kier molecular flexibility index (Phi) is 4.70. The average molecular weight is 302 g/mol. The molecule has 1 heterocycles. The number of nitrogens with zero attached hydrogens (tertiary/aromatic N) is 1. The molecule has 1 saturated heterocycles. The smallest absolute Gasteiger partial charge is 0.0917 e. The Morgan fingerprint density at radius 3 is 2.81 bits per heavy atom. The van der Waals surface area contributed by atoms with Crippen molar-refractivity contribution in [1.82, 2.24) is 4.90 Å². The molecular formula is C12H16BrNOS. The zero-order chi connectivity index (χ0) is 11.4. The summed E-state index contributed by atoms with van der Waals surface area (Å²) in [5.41, 5.74) is 0.993. The van der Waals surface area contributed by atoms with Crippen molar-refractivity contribution in [3.63, 3.8) is 0 Å². The largest absolute Gasteiger partial charge is 0.387 e. The van der Waals surface area contributed by atoms with E-state index in [-0.39, 0.29) is 6.10 Å². The zero-order valence-electron chi connectivity index (χ0n) is 9.10. The van der Waals surface area contributed by atoms with E-state index in [1.165, 1.54) is 11.5 Å². The van der Waals surface area contributed by atoms with Gasteiger partial charge in [-0.3, -0.25) is 4.90 Å². The summed E-state index contributed by atoms with van der Waals surface area (Å²) in [5.74, 6) is 2.37. The van der Waals surface area contributed by atoms with Crippen molar-refractivity contribution in [2.45, 2.75) is 6.10 Å². The van der Waals surface area contributed by atoms with E-state index >= 15 is 0 Å². The first-order valence-electron chi connectivity index (χ1n) is 5.49. The van der Waals surface area contributed by atoms with Gasteiger partial charge in [0.25, 0.3) is 0 Å². The molecular weight excluding hydrogens is 286 g/mol. The van der Waals surface area contributed by atoms with Crippen LogP contribution in [0.3, 0.4) is 0 Å². The van der Waals surface area contributed by atoms with Crippen LogP contribution in [0.5, 0.6) is 0 Å². The maximum Gasteiger partial charge on any atom is 0.0917 e. The van der Waals surface area contributed by atoms with Gasteiger partial charge in [-0.1, -0.05) is 28.1 Å². The van der Waals surface area contributed by atoms with Crippen LogP contribution < -0.4 is 0 Å². The second-order valence-corrected chi connectivity index (χ2v) is 6.12. The lowest BCUT2D eigenvalue weighted by Gasteiger charge is -2.28. The molecule has 2 nitrogen and oxygen atoms in total. The van der Waals surface area contributed by atoms with Gasteiger partial charge in [0.1, 0.15) is 0 Å². The van der Waals surface area contributed by atoms with Crippen LogP contribution >= 0.6 is 27.7 Å². The van der Waals surface area contributed by atoms with Gasteiger partial charge in [0, 0.05) is 35.6 Å². The first kappa shape index (κ1) is 12.4. The van der Waals surface area contributed by atoms with Crippen LogP contribution in [0.2, 0.25) is 0 Å². The Morgan fingerprint density at radius 2 is 2.12 bits per heavy atom. The van der Waals surface area contributed by atoms with Crippen LogP contribution in [0.15, 0.2) is 28.7 Å². The highest BCUT2D eigenvalue weighted by molar-refractivity contribution is 9.10. The summed E-state index contributed by atoms with van der Waals surface area (Å²) in [4.78, 5) is 2.34. The standard InChI is InChI=1S/C12H16BrNOS/c13-11-3-1-2-10(8-11)12(15)9-14-4-6-16-7-5-14/h1-3,8,12,15H,4-7,9H2. The number of rotatable bonds is 3. The van der Waals surface area contributed by atoms with Crippen molar-refractivity contribution in [3.8, 4) is 0 Å². The van der Waals surface area contributed by atoms with Crippen molar-refractivity contribution < 1.29 is 5.11 Å². The predicted octanol–water partition coefficient (Wildman–Crippen LogP) is 2.53. The molecule has 4 heteroatoms. The van der Waals surface area contributed by atoms with Crippen LogP contribution in [-0.4, -0.2) is 41.1 Å². The van der Waals surface area contributed by atoms with Gasteiger partial charge in [0.2, 0.25) is 0 Å². The lowest BCUT2D eigenvalue weighted by atomic mass is 10.1. The van der Waals surface area contributed by atoms with Crippen LogP contribution in [0.1, 0.15) is 11.7 Å². The van der Waals surface area contributed by atoms with Crippen LogP contribution in [-0.2, 0) is 0 Å². The summed E-state index contributed by atoms with van der Waals surface area (Å²) in [7, 11) is 0. The Bertz CT molecular complexity index is 342. The molecule has 2 rings (SSSR count). The van der Waals surface area contributed by atoms with Gasteiger partial charge in [-0.25, -0.2) is 0 Å². The maximum absolute atomic E-state index is 10.1. The molecule has 1 fully saturated rings. The predicted molar refractivity (Wildman–Crippen MR) is 72.9 cm³/mol. The average Bonchev–Trinajstić information content (AvgIpc) is 2.30. The maximum atomic E-state index is 10.1. The number of aliphatic hydroxyl groups is 1. The van der Waals surface area contributed by atoms with E-state index in [0.717, 1.165) is 29.7 Å².